The highest BCUT2D eigenvalue weighted by molar-refractivity contribution is 6.03. The molecule has 0 unspecified atom stereocenters. The molecule has 0 fully saturated rings. The fourth-order valence-corrected chi connectivity index (χ4v) is 6.12. The van der Waals surface area contributed by atoms with Crippen LogP contribution in [-0.2, 0) is 6.42 Å². The number of aromatic amines is 1. The lowest BCUT2D eigenvalue weighted by Crippen LogP contribution is -2.40. The molecule has 8 heteroatoms. The number of pyridine rings is 2. The van der Waals surface area contributed by atoms with Crippen LogP contribution in [0.2, 0.25) is 0 Å². The smallest absolute Gasteiger partial charge is 0.326 e. The van der Waals surface area contributed by atoms with Crippen LogP contribution in [-0.4, -0.2) is 53.7 Å². The van der Waals surface area contributed by atoms with Gasteiger partial charge in [0.2, 0.25) is 0 Å². The molecule has 0 bridgehead atoms. The van der Waals surface area contributed by atoms with E-state index in [1.807, 2.05) is 54.6 Å². The maximum absolute atomic E-state index is 14.4. The first-order valence-electron chi connectivity index (χ1n) is 17.4. The summed E-state index contributed by atoms with van der Waals surface area (Å²) in [5, 5.41) is 4.03. The molecule has 0 aliphatic rings. The summed E-state index contributed by atoms with van der Waals surface area (Å²) in [5.74, 6) is 1.08. The number of amides is 2. The van der Waals surface area contributed by atoms with Crippen molar-refractivity contribution in [2.75, 3.05) is 43.0 Å². The van der Waals surface area contributed by atoms with E-state index in [0.29, 0.717) is 25.2 Å². The largest absolute Gasteiger partial charge is 0.492 e. The minimum atomic E-state index is -0.364. The first-order valence-corrected chi connectivity index (χ1v) is 17.4. The molecule has 0 saturated heterocycles. The Morgan fingerprint density at radius 3 is 2.22 bits per heavy atom. The number of nitrogens with one attached hydrogen (secondary N) is 2. The van der Waals surface area contributed by atoms with Crippen molar-refractivity contribution in [3.63, 3.8) is 0 Å². The van der Waals surface area contributed by atoms with Crippen LogP contribution in [0.1, 0.15) is 70.1 Å². The molecule has 2 heterocycles. The maximum Gasteiger partial charge on any atom is 0.326 e. The first kappa shape index (κ1) is 35.4. The Balaban J connectivity index is 1.50. The third-order valence-corrected chi connectivity index (χ3v) is 9.01. The topological polar surface area (TPSA) is 90.6 Å². The number of carbonyl (C=O) groups excluding carboxylic acids is 1. The number of ether oxygens (including phenoxy) is 1. The molecule has 2 amide bonds. The number of anilines is 2. The zero-order chi connectivity index (χ0) is 34.9. The van der Waals surface area contributed by atoms with Crippen molar-refractivity contribution in [1.29, 1.82) is 0 Å². The van der Waals surface area contributed by atoms with Gasteiger partial charge in [-0.1, -0.05) is 84.0 Å². The summed E-state index contributed by atoms with van der Waals surface area (Å²) in [4.78, 5) is 38.9. The SMILES string of the molecule is CCN(CC)CCOc1cccc(-c2cc(C(C)C)c(NC(=O)N(CCc3ccccc3)c3cc4cccnc4[nH]c3=O)c(C(C)C)c2)c1. The molecule has 3 aromatic carbocycles. The fourth-order valence-electron chi connectivity index (χ4n) is 6.12. The van der Waals surface area contributed by atoms with E-state index in [1.54, 1.807) is 17.2 Å². The molecule has 0 atom stereocenters. The van der Waals surface area contributed by atoms with E-state index in [9.17, 15) is 9.59 Å². The minimum Gasteiger partial charge on any atom is -0.492 e. The third kappa shape index (κ3) is 8.75. The minimum absolute atomic E-state index is 0.120. The second-order valence-electron chi connectivity index (χ2n) is 13.0. The maximum atomic E-state index is 14.4. The molecule has 8 nitrogen and oxygen atoms in total. The van der Waals surface area contributed by atoms with Gasteiger partial charge in [0.25, 0.3) is 5.56 Å². The van der Waals surface area contributed by atoms with Crippen molar-refractivity contribution in [1.82, 2.24) is 14.9 Å². The summed E-state index contributed by atoms with van der Waals surface area (Å²) >= 11 is 0. The Morgan fingerprint density at radius 1 is 0.837 bits per heavy atom. The van der Waals surface area contributed by atoms with Gasteiger partial charge in [-0.2, -0.15) is 0 Å². The molecule has 5 aromatic rings. The van der Waals surface area contributed by atoms with E-state index >= 15 is 0 Å². The summed E-state index contributed by atoms with van der Waals surface area (Å²) < 4.78 is 6.16. The molecule has 0 aliphatic carbocycles. The summed E-state index contributed by atoms with van der Waals surface area (Å²) in [6, 6.07) is 27.6. The van der Waals surface area contributed by atoms with Crippen LogP contribution in [0.4, 0.5) is 16.2 Å². The van der Waals surface area contributed by atoms with Crippen LogP contribution in [0.15, 0.2) is 95.9 Å². The number of likely N-dealkylation sites (N-methyl/N-ethyl adjacent to an activating group) is 1. The molecular formula is C41H49N5O3. The number of rotatable bonds is 14. The summed E-state index contributed by atoms with van der Waals surface area (Å²) in [7, 11) is 0. The van der Waals surface area contributed by atoms with E-state index in [4.69, 9.17) is 4.74 Å². The molecule has 256 valence electrons. The quantitative estimate of drug-likeness (QED) is 0.124. The lowest BCUT2D eigenvalue weighted by Gasteiger charge is -2.27. The first-order chi connectivity index (χ1) is 23.7. The van der Waals surface area contributed by atoms with Gasteiger partial charge in [0.05, 0.1) is 0 Å². The number of nitrogens with zero attached hydrogens (tertiary/aromatic N) is 3. The normalized spacial score (nSPS) is 11.4. The fraction of sp³-hybridized carbons (Fsp3) is 0.341. The van der Waals surface area contributed by atoms with Crippen LogP contribution in [0.5, 0.6) is 5.75 Å². The van der Waals surface area contributed by atoms with E-state index in [2.05, 4.69) is 86.0 Å². The lowest BCUT2D eigenvalue weighted by atomic mass is 9.88. The van der Waals surface area contributed by atoms with Crippen molar-refractivity contribution in [3.8, 4) is 16.9 Å². The van der Waals surface area contributed by atoms with Crippen molar-refractivity contribution in [2.45, 2.75) is 59.8 Å². The number of fused-ring (bicyclic) bond motifs is 1. The molecule has 49 heavy (non-hydrogen) atoms. The number of urea groups is 1. The van der Waals surface area contributed by atoms with Gasteiger partial charge in [-0.3, -0.25) is 9.69 Å². The van der Waals surface area contributed by atoms with Crippen LogP contribution < -0.4 is 20.5 Å². The van der Waals surface area contributed by atoms with E-state index in [-0.39, 0.29) is 29.1 Å². The molecule has 2 N–H and O–H groups in total. The highest BCUT2D eigenvalue weighted by atomic mass is 16.5. The summed E-state index contributed by atoms with van der Waals surface area (Å²) in [5.41, 5.74) is 6.45. The number of hydrogen-bond donors (Lipinski definition) is 2. The predicted octanol–water partition coefficient (Wildman–Crippen LogP) is 8.84. The van der Waals surface area contributed by atoms with Gasteiger partial charge in [0.1, 0.15) is 23.7 Å². The van der Waals surface area contributed by atoms with Gasteiger partial charge in [-0.15, -0.1) is 0 Å². The van der Waals surface area contributed by atoms with Crippen molar-refractivity contribution >= 4 is 28.4 Å². The molecule has 0 spiro atoms. The Hall–Kier alpha value is -4.95. The van der Waals surface area contributed by atoms with Crippen LogP contribution >= 0.6 is 0 Å². The zero-order valence-corrected chi connectivity index (χ0v) is 29.6. The second kappa shape index (κ2) is 16.4. The van der Waals surface area contributed by atoms with Gasteiger partial charge in [0, 0.05) is 30.4 Å². The van der Waals surface area contributed by atoms with Crippen LogP contribution in [0.25, 0.3) is 22.2 Å². The van der Waals surface area contributed by atoms with Crippen LogP contribution in [0.3, 0.4) is 0 Å². The van der Waals surface area contributed by atoms with Gasteiger partial charge in [0.15, 0.2) is 0 Å². The number of benzene rings is 3. The third-order valence-electron chi connectivity index (χ3n) is 9.01. The highest BCUT2D eigenvalue weighted by Gasteiger charge is 2.24. The van der Waals surface area contributed by atoms with Crippen molar-refractivity contribution in [2.24, 2.45) is 0 Å². The molecule has 0 aliphatic heterocycles. The van der Waals surface area contributed by atoms with Gasteiger partial charge in [-0.25, -0.2) is 9.78 Å². The molecule has 2 aromatic heterocycles. The van der Waals surface area contributed by atoms with Crippen molar-refractivity contribution in [3.05, 3.63) is 118 Å². The molecule has 0 radical (unpaired) electrons. The number of carbonyl (C=O) groups is 1. The Kier molecular flexibility index (Phi) is 11.9. The van der Waals surface area contributed by atoms with Crippen molar-refractivity contribution < 1.29 is 9.53 Å². The van der Waals surface area contributed by atoms with E-state index in [0.717, 1.165) is 64.3 Å². The predicted molar refractivity (Wildman–Crippen MR) is 202 cm³/mol. The highest BCUT2D eigenvalue weighted by Crippen LogP contribution is 2.38. The average Bonchev–Trinajstić information content (AvgIpc) is 3.10. The van der Waals surface area contributed by atoms with E-state index < -0.39 is 0 Å². The van der Waals surface area contributed by atoms with E-state index in [1.165, 1.54) is 0 Å². The molecule has 0 saturated carbocycles. The zero-order valence-electron chi connectivity index (χ0n) is 29.6. The monoisotopic (exact) mass is 659 g/mol. The van der Waals surface area contributed by atoms with Crippen LogP contribution in [0, 0.1) is 0 Å². The standard InChI is InChI=1S/C41H49N5O3/c1-7-45(8-2)22-23-49-34-18-12-16-31(24-34)33-25-35(28(3)4)38(36(26-33)29(5)6)43-41(48)46(21-19-30-14-10-9-11-15-30)37-27-32-17-13-20-42-39(32)44-40(37)47/h9-18,20,24-29H,7-8,19,21-23H2,1-6H3,(H,43,48)(H,42,44,47). The average molecular weight is 660 g/mol. The molecular weight excluding hydrogens is 610 g/mol. The lowest BCUT2D eigenvalue weighted by molar-refractivity contribution is 0.223. The number of H-pyrrole nitrogens is 1. The summed E-state index contributed by atoms with van der Waals surface area (Å²) in [6.07, 6.45) is 2.22. The second-order valence-corrected chi connectivity index (χ2v) is 13.0. The number of hydrogen-bond acceptors (Lipinski definition) is 5. The Labute approximate surface area is 290 Å². The van der Waals surface area contributed by atoms with Gasteiger partial charge >= 0.3 is 6.03 Å². The molecule has 5 rings (SSSR count). The van der Waals surface area contributed by atoms with Gasteiger partial charge < -0.3 is 19.9 Å². The Bertz CT molecular complexity index is 1890. The number of aromatic nitrogens is 2. The Morgan fingerprint density at radius 2 is 1.55 bits per heavy atom. The summed E-state index contributed by atoms with van der Waals surface area (Å²) in [6.45, 7) is 16.7. The van der Waals surface area contributed by atoms with Gasteiger partial charge in [-0.05, 0) is 102 Å².